The molecule has 2 bridgehead atoms. The Balaban J connectivity index is 1.32. The van der Waals surface area contributed by atoms with Crippen LogP contribution in [0.2, 0.25) is 0 Å². The zero-order chi connectivity index (χ0) is 23.5. The quantitative estimate of drug-likeness (QED) is 0.532. The molecule has 6 rings (SSSR count). The molecule has 10 heteroatoms. The normalized spacial score (nSPS) is 28.1. The van der Waals surface area contributed by atoms with E-state index in [1.807, 2.05) is 6.92 Å². The van der Waals surface area contributed by atoms with E-state index in [4.69, 9.17) is 8.92 Å². The summed E-state index contributed by atoms with van der Waals surface area (Å²) in [5.74, 6) is 0.362. The Morgan fingerprint density at radius 1 is 1.15 bits per heavy atom. The van der Waals surface area contributed by atoms with E-state index in [-0.39, 0.29) is 24.2 Å². The van der Waals surface area contributed by atoms with Crippen molar-refractivity contribution in [3.8, 4) is 0 Å². The number of benzene rings is 1. The van der Waals surface area contributed by atoms with Crippen LogP contribution in [0.5, 0.6) is 0 Å². The van der Waals surface area contributed by atoms with Crippen molar-refractivity contribution >= 4 is 10.1 Å². The van der Waals surface area contributed by atoms with Crippen molar-refractivity contribution in [2.45, 2.75) is 74.6 Å². The molecule has 0 spiro atoms. The summed E-state index contributed by atoms with van der Waals surface area (Å²) < 4.78 is 78.8. The van der Waals surface area contributed by atoms with Crippen molar-refractivity contribution in [3.63, 3.8) is 0 Å². The zero-order valence-electron chi connectivity index (χ0n) is 18.4. The Labute approximate surface area is 191 Å². The van der Waals surface area contributed by atoms with E-state index >= 15 is 0 Å². The predicted molar refractivity (Wildman–Crippen MR) is 113 cm³/mol. The number of aromatic nitrogens is 2. The van der Waals surface area contributed by atoms with Crippen LogP contribution in [0.15, 0.2) is 35.4 Å². The van der Waals surface area contributed by atoms with E-state index in [0.717, 1.165) is 31.0 Å². The number of hydrogen-bond donors (Lipinski definition) is 0. The maximum absolute atomic E-state index is 13.4. The van der Waals surface area contributed by atoms with Crippen molar-refractivity contribution in [2.24, 2.45) is 5.41 Å². The topological polar surface area (TPSA) is 70.4 Å². The molecule has 0 radical (unpaired) electrons. The Hall–Kier alpha value is -1.91. The Kier molecular flexibility index (Phi) is 5.41. The van der Waals surface area contributed by atoms with Crippen LogP contribution in [0.4, 0.5) is 13.2 Å². The average Bonchev–Trinajstić information content (AvgIpc) is 3.19. The van der Waals surface area contributed by atoms with Gasteiger partial charge in [0.1, 0.15) is 11.4 Å². The summed E-state index contributed by atoms with van der Waals surface area (Å²) in [7, 11) is -3.90. The van der Waals surface area contributed by atoms with Crippen molar-refractivity contribution < 1.29 is 30.5 Å². The Morgan fingerprint density at radius 3 is 2.33 bits per heavy atom. The van der Waals surface area contributed by atoms with E-state index in [0.29, 0.717) is 31.5 Å². The first kappa shape index (κ1) is 22.9. The van der Waals surface area contributed by atoms with Crippen LogP contribution in [-0.2, 0) is 30.8 Å². The second-order valence-electron chi connectivity index (χ2n) is 9.75. The fourth-order valence-corrected chi connectivity index (χ4v) is 6.03. The summed E-state index contributed by atoms with van der Waals surface area (Å²) in [5, 5.41) is 0. The minimum absolute atomic E-state index is 0.00977. The largest absolute Gasteiger partial charge is 0.434 e. The highest BCUT2D eigenvalue weighted by Gasteiger charge is 2.54. The van der Waals surface area contributed by atoms with Gasteiger partial charge in [-0.15, -0.1) is 0 Å². The van der Waals surface area contributed by atoms with E-state index in [1.165, 1.54) is 12.1 Å². The van der Waals surface area contributed by atoms with E-state index in [2.05, 4.69) is 4.98 Å². The molecule has 0 N–H and O–H groups in total. The number of ether oxygens (including phenoxy) is 1. The first-order valence-electron chi connectivity index (χ1n) is 11.3. The third-order valence-corrected chi connectivity index (χ3v) is 8.78. The summed E-state index contributed by atoms with van der Waals surface area (Å²) in [4.78, 5) is 4.12. The highest BCUT2D eigenvalue weighted by molar-refractivity contribution is 7.86. The lowest BCUT2D eigenvalue weighted by Gasteiger charge is -2.52. The van der Waals surface area contributed by atoms with Crippen LogP contribution in [0.25, 0.3) is 0 Å². The van der Waals surface area contributed by atoms with Gasteiger partial charge in [-0.1, -0.05) is 17.7 Å². The van der Waals surface area contributed by atoms with Gasteiger partial charge in [0.15, 0.2) is 5.69 Å². The highest BCUT2D eigenvalue weighted by atomic mass is 32.2. The second kappa shape index (κ2) is 7.81. The number of fused-ring (bicyclic) bond motifs is 3. The standard InChI is InChI=1S/C23H27F3N2O4S/c1-16-5-7-18(8-6-16)33(29,30)32-15-21-9-11-22(12-10-21,31-14-21)20-27-19(23(24,25)26)13-28(20)17-3-2-4-17/h5-8,13,17H,2-4,9-12,14-15H2,1H3. The number of alkyl halides is 3. The third kappa shape index (κ3) is 4.10. The molecule has 0 amide bonds. The fourth-order valence-electron chi connectivity index (χ4n) is 5.02. The molecule has 1 aromatic carbocycles. The van der Waals surface area contributed by atoms with Crippen LogP contribution < -0.4 is 0 Å². The molecule has 4 fully saturated rings. The minimum Gasteiger partial charge on any atom is -0.366 e. The average molecular weight is 485 g/mol. The summed E-state index contributed by atoms with van der Waals surface area (Å²) in [6, 6.07) is 6.49. The molecule has 0 unspecified atom stereocenters. The molecule has 6 nitrogen and oxygen atoms in total. The van der Waals surface area contributed by atoms with Crippen molar-refractivity contribution in [2.75, 3.05) is 13.2 Å². The molecule has 1 aromatic heterocycles. The molecule has 0 atom stereocenters. The first-order chi connectivity index (χ1) is 15.5. The molecule has 2 aromatic rings. The fraction of sp³-hybridized carbons (Fsp3) is 0.609. The smallest absolute Gasteiger partial charge is 0.366 e. The highest BCUT2D eigenvalue weighted by Crippen LogP contribution is 2.54. The lowest BCUT2D eigenvalue weighted by molar-refractivity contribution is -0.202. The summed E-state index contributed by atoms with van der Waals surface area (Å²) >= 11 is 0. The summed E-state index contributed by atoms with van der Waals surface area (Å²) in [5.41, 5.74) is -1.26. The van der Waals surface area contributed by atoms with Crippen LogP contribution in [0.1, 0.15) is 68.1 Å². The number of aryl methyl sites for hydroxylation is 1. The molecule has 2 aliphatic carbocycles. The second-order valence-corrected chi connectivity index (χ2v) is 11.4. The number of nitrogens with zero attached hydrogens (tertiary/aromatic N) is 2. The monoisotopic (exact) mass is 484 g/mol. The van der Waals surface area contributed by atoms with Gasteiger partial charge in [-0.25, -0.2) is 4.98 Å². The van der Waals surface area contributed by atoms with Crippen molar-refractivity contribution in [1.29, 1.82) is 0 Å². The Morgan fingerprint density at radius 2 is 1.82 bits per heavy atom. The van der Waals surface area contributed by atoms with Gasteiger partial charge >= 0.3 is 6.18 Å². The molecule has 3 heterocycles. The number of imidazole rings is 1. The summed E-state index contributed by atoms with van der Waals surface area (Å²) in [6.45, 7) is 2.09. The van der Waals surface area contributed by atoms with Gasteiger partial charge < -0.3 is 9.30 Å². The van der Waals surface area contributed by atoms with Gasteiger partial charge in [0.2, 0.25) is 0 Å². The van der Waals surface area contributed by atoms with Crippen molar-refractivity contribution in [3.05, 3.63) is 47.5 Å². The van der Waals surface area contributed by atoms with Gasteiger partial charge in [-0.3, -0.25) is 4.18 Å². The first-order valence-corrected chi connectivity index (χ1v) is 12.7. The van der Waals surface area contributed by atoms with E-state index in [1.54, 1.807) is 16.7 Å². The van der Waals surface area contributed by atoms with Gasteiger partial charge in [-0.2, -0.15) is 21.6 Å². The number of rotatable bonds is 6. The van der Waals surface area contributed by atoms with Gasteiger partial charge in [-0.05, 0) is 64.0 Å². The molecule has 2 saturated heterocycles. The number of hydrogen-bond acceptors (Lipinski definition) is 5. The van der Waals surface area contributed by atoms with Gasteiger partial charge in [0, 0.05) is 17.7 Å². The minimum atomic E-state index is -4.51. The third-order valence-electron chi connectivity index (χ3n) is 7.50. The molecule has 2 aliphatic heterocycles. The maximum Gasteiger partial charge on any atom is 0.434 e. The molecule has 180 valence electrons. The zero-order valence-corrected chi connectivity index (χ0v) is 19.2. The predicted octanol–water partition coefficient (Wildman–Crippen LogP) is 5.13. The lowest BCUT2D eigenvalue weighted by Crippen LogP contribution is -2.52. The van der Waals surface area contributed by atoms with E-state index < -0.39 is 33.0 Å². The van der Waals surface area contributed by atoms with Gasteiger partial charge in [0.25, 0.3) is 10.1 Å². The molecule has 2 saturated carbocycles. The molecule has 33 heavy (non-hydrogen) atoms. The Bertz CT molecular complexity index is 1110. The lowest BCUT2D eigenvalue weighted by atomic mass is 9.66. The molecular formula is C23H27F3N2O4S. The van der Waals surface area contributed by atoms with Crippen LogP contribution >= 0.6 is 0 Å². The maximum atomic E-state index is 13.4. The van der Waals surface area contributed by atoms with Crippen LogP contribution in [-0.4, -0.2) is 31.2 Å². The molecular weight excluding hydrogens is 457 g/mol. The SMILES string of the molecule is Cc1ccc(S(=O)(=O)OCC23CCC(c4nc(C(F)(F)F)cn4C4CCC4)(CC2)OC3)cc1. The van der Waals surface area contributed by atoms with Crippen molar-refractivity contribution in [1.82, 2.24) is 9.55 Å². The van der Waals surface area contributed by atoms with Crippen LogP contribution in [0, 0.1) is 12.3 Å². The summed E-state index contributed by atoms with van der Waals surface area (Å²) in [6.07, 6.45) is 1.48. The molecule has 4 aliphatic rings. The van der Waals surface area contributed by atoms with Gasteiger partial charge in [0.05, 0.1) is 18.1 Å². The van der Waals surface area contributed by atoms with Crippen LogP contribution in [0.3, 0.4) is 0 Å². The van der Waals surface area contributed by atoms with E-state index in [9.17, 15) is 21.6 Å². The number of halogens is 3.